The first-order valence-corrected chi connectivity index (χ1v) is 8.22. The van der Waals surface area contributed by atoms with E-state index in [4.69, 9.17) is 5.26 Å². The zero-order valence-corrected chi connectivity index (χ0v) is 13.9. The van der Waals surface area contributed by atoms with Crippen LogP contribution in [0.25, 0.3) is 11.4 Å². The van der Waals surface area contributed by atoms with Crippen LogP contribution in [0.5, 0.6) is 0 Å². The van der Waals surface area contributed by atoms with E-state index >= 15 is 0 Å². The molecule has 1 aliphatic rings. The average molecular weight is 323 g/mol. The summed E-state index contributed by atoms with van der Waals surface area (Å²) >= 11 is 0. The van der Waals surface area contributed by atoms with Crippen LogP contribution >= 0.6 is 0 Å². The fourth-order valence-electron chi connectivity index (χ4n) is 2.65. The van der Waals surface area contributed by atoms with Gasteiger partial charge in [0.05, 0.1) is 24.5 Å². The molecule has 6 nitrogen and oxygen atoms in total. The number of pyridine rings is 1. The quantitative estimate of drug-likeness (QED) is 0.697. The van der Waals surface area contributed by atoms with Crippen molar-refractivity contribution in [1.29, 1.82) is 5.26 Å². The SMILES string of the molecule is CN(CCn1cnc(-c2cc(C(=O)CC#N)ccn2)c1)CC1CC1. The van der Waals surface area contributed by atoms with Gasteiger partial charge in [-0.3, -0.25) is 9.78 Å². The number of Topliss-reactive ketones (excluding diaryl/α,β-unsaturated/α-hetero) is 1. The number of carbonyl (C=O) groups is 1. The maximum absolute atomic E-state index is 11.8. The summed E-state index contributed by atoms with van der Waals surface area (Å²) in [6, 6.07) is 5.21. The van der Waals surface area contributed by atoms with Gasteiger partial charge in [-0.15, -0.1) is 0 Å². The van der Waals surface area contributed by atoms with Crippen LogP contribution in [0.2, 0.25) is 0 Å². The first-order chi connectivity index (χ1) is 11.7. The van der Waals surface area contributed by atoms with Crippen molar-refractivity contribution in [3.05, 3.63) is 36.4 Å². The van der Waals surface area contributed by atoms with Gasteiger partial charge in [-0.05, 0) is 37.9 Å². The third-order valence-corrected chi connectivity index (χ3v) is 4.22. The second kappa shape index (κ2) is 7.37. The van der Waals surface area contributed by atoms with Crippen LogP contribution in [0.4, 0.5) is 0 Å². The number of hydrogen-bond donors (Lipinski definition) is 0. The molecule has 1 fully saturated rings. The van der Waals surface area contributed by atoms with E-state index in [1.165, 1.54) is 19.4 Å². The summed E-state index contributed by atoms with van der Waals surface area (Å²) in [6.07, 6.45) is 7.95. The molecule has 0 atom stereocenters. The van der Waals surface area contributed by atoms with Crippen molar-refractivity contribution >= 4 is 5.78 Å². The lowest BCUT2D eigenvalue weighted by molar-refractivity contribution is 0.0997. The predicted octanol–water partition coefficient (Wildman–Crippen LogP) is 2.38. The number of carbonyl (C=O) groups excluding carboxylic acids is 1. The number of aromatic nitrogens is 3. The molecule has 0 unspecified atom stereocenters. The molecular weight excluding hydrogens is 302 g/mol. The molecule has 0 bridgehead atoms. The molecule has 2 aromatic rings. The van der Waals surface area contributed by atoms with Crippen LogP contribution in [0, 0.1) is 17.2 Å². The van der Waals surface area contributed by atoms with Crippen LogP contribution in [-0.4, -0.2) is 45.4 Å². The van der Waals surface area contributed by atoms with E-state index in [0.29, 0.717) is 11.3 Å². The normalized spacial score (nSPS) is 13.9. The van der Waals surface area contributed by atoms with Crippen LogP contribution in [0.1, 0.15) is 29.6 Å². The van der Waals surface area contributed by atoms with Crippen molar-refractivity contribution in [3.8, 4) is 17.5 Å². The molecule has 1 aliphatic carbocycles. The summed E-state index contributed by atoms with van der Waals surface area (Å²) in [5.74, 6) is 0.702. The Morgan fingerprint density at radius 1 is 1.42 bits per heavy atom. The highest BCUT2D eigenvalue weighted by Gasteiger charge is 2.22. The largest absolute Gasteiger partial charge is 0.335 e. The van der Waals surface area contributed by atoms with E-state index in [2.05, 4.69) is 21.9 Å². The molecule has 24 heavy (non-hydrogen) atoms. The van der Waals surface area contributed by atoms with Crippen LogP contribution < -0.4 is 0 Å². The minimum atomic E-state index is -0.192. The van der Waals surface area contributed by atoms with E-state index in [0.717, 1.165) is 24.7 Å². The molecule has 0 N–H and O–H groups in total. The Balaban J connectivity index is 1.63. The van der Waals surface area contributed by atoms with Gasteiger partial charge in [0.2, 0.25) is 0 Å². The highest BCUT2D eigenvalue weighted by molar-refractivity contribution is 5.97. The molecule has 0 radical (unpaired) electrons. The Morgan fingerprint density at radius 3 is 3.00 bits per heavy atom. The van der Waals surface area contributed by atoms with Crippen molar-refractivity contribution in [2.75, 3.05) is 20.1 Å². The van der Waals surface area contributed by atoms with Gasteiger partial charge in [0, 0.05) is 37.6 Å². The second-order valence-corrected chi connectivity index (χ2v) is 6.39. The molecule has 6 heteroatoms. The lowest BCUT2D eigenvalue weighted by Gasteiger charge is -2.15. The number of imidazole rings is 1. The Labute approximate surface area is 141 Å². The summed E-state index contributed by atoms with van der Waals surface area (Å²) < 4.78 is 2.05. The lowest BCUT2D eigenvalue weighted by atomic mass is 10.1. The zero-order valence-electron chi connectivity index (χ0n) is 13.9. The summed E-state index contributed by atoms with van der Waals surface area (Å²) in [5, 5.41) is 8.64. The zero-order chi connectivity index (χ0) is 16.9. The fourth-order valence-corrected chi connectivity index (χ4v) is 2.65. The molecule has 0 spiro atoms. The topological polar surface area (TPSA) is 74.8 Å². The van der Waals surface area contributed by atoms with Crippen LogP contribution in [0.15, 0.2) is 30.9 Å². The minimum Gasteiger partial charge on any atom is -0.335 e. The third-order valence-electron chi connectivity index (χ3n) is 4.22. The van der Waals surface area contributed by atoms with Crippen molar-refractivity contribution < 1.29 is 4.79 Å². The van der Waals surface area contributed by atoms with Crippen molar-refractivity contribution in [3.63, 3.8) is 0 Å². The first kappa shape index (κ1) is 16.3. The summed E-state index contributed by atoms with van der Waals surface area (Å²) in [7, 11) is 2.15. The van der Waals surface area contributed by atoms with Crippen molar-refractivity contribution in [2.45, 2.75) is 25.8 Å². The second-order valence-electron chi connectivity index (χ2n) is 6.39. The van der Waals surface area contributed by atoms with Crippen LogP contribution in [-0.2, 0) is 6.54 Å². The van der Waals surface area contributed by atoms with E-state index < -0.39 is 0 Å². The number of rotatable bonds is 8. The number of likely N-dealkylation sites (N-methyl/N-ethyl adjacent to an activating group) is 1. The molecule has 2 aromatic heterocycles. The minimum absolute atomic E-state index is 0.120. The molecule has 3 rings (SSSR count). The van der Waals surface area contributed by atoms with E-state index in [9.17, 15) is 4.79 Å². The van der Waals surface area contributed by atoms with E-state index in [-0.39, 0.29) is 12.2 Å². The molecule has 2 heterocycles. The van der Waals surface area contributed by atoms with Gasteiger partial charge in [0.15, 0.2) is 5.78 Å². The molecule has 1 saturated carbocycles. The smallest absolute Gasteiger partial charge is 0.177 e. The van der Waals surface area contributed by atoms with Gasteiger partial charge in [-0.2, -0.15) is 5.26 Å². The van der Waals surface area contributed by atoms with Gasteiger partial charge in [0.25, 0.3) is 0 Å². The average Bonchev–Trinajstić information content (AvgIpc) is 3.27. The molecular formula is C18H21N5O. The molecule has 0 aliphatic heterocycles. The van der Waals surface area contributed by atoms with Crippen molar-refractivity contribution in [2.24, 2.45) is 5.92 Å². The fraction of sp³-hybridized carbons (Fsp3) is 0.444. The summed E-state index contributed by atoms with van der Waals surface area (Å²) in [6.45, 7) is 3.04. The monoisotopic (exact) mass is 323 g/mol. The van der Waals surface area contributed by atoms with Gasteiger partial charge in [-0.1, -0.05) is 0 Å². The Morgan fingerprint density at radius 2 is 2.25 bits per heavy atom. The maximum atomic E-state index is 11.8. The van der Waals surface area contributed by atoms with Crippen LogP contribution in [0.3, 0.4) is 0 Å². The highest BCUT2D eigenvalue weighted by Crippen LogP contribution is 2.29. The highest BCUT2D eigenvalue weighted by atomic mass is 16.1. The molecule has 0 aromatic carbocycles. The van der Waals surface area contributed by atoms with Gasteiger partial charge >= 0.3 is 0 Å². The first-order valence-electron chi connectivity index (χ1n) is 8.22. The number of hydrogen-bond acceptors (Lipinski definition) is 5. The van der Waals surface area contributed by atoms with Gasteiger partial charge < -0.3 is 9.47 Å². The lowest BCUT2D eigenvalue weighted by Crippen LogP contribution is -2.25. The third kappa shape index (κ3) is 4.27. The number of nitriles is 1. The Bertz CT molecular complexity index is 757. The van der Waals surface area contributed by atoms with E-state index in [1.54, 1.807) is 24.7 Å². The number of nitrogens with zero attached hydrogens (tertiary/aromatic N) is 5. The summed E-state index contributed by atoms with van der Waals surface area (Å²) in [4.78, 5) is 22.9. The summed E-state index contributed by atoms with van der Waals surface area (Å²) in [5.41, 5.74) is 1.90. The van der Waals surface area contributed by atoms with Crippen molar-refractivity contribution in [1.82, 2.24) is 19.4 Å². The number of ketones is 1. The molecule has 124 valence electrons. The van der Waals surface area contributed by atoms with Gasteiger partial charge in [-0.25, -0.2) is 4.98 Å². The standard InChI is InChI=1S/C18H21N5O/c1-22(11-14-2-3-14)8-9-23-12-17(21-13-23)16-10-15(5-7-20-16)18(24)4-6-19/h5,7,10,12-14H,2-4,8-9,11H2,1H3. The molecule has 0 amide bonds. The maximum Gasteiger partial charge on any atom is 0.177 e. The van der Waals surface area contributed by atoms with E-state index in [1.807, 2.05) is 16.8 Å². The predicted molar refractivity (Wildman–Crippen MR) is 90.2 cm³/mol. The Kier molecular flexibility index (Phi) is 5.02. The molecule has 0 saturated heterocycles. The van der Waals surface area contributed by atoms with Gasteiger partial charge in [0.1, 0.15) is 5.69 Å². The Hall–Kier alpha value is -2.52.